The molecule has 3 rings (SSSR count). The van der Waals surface area contributed by atoms with E-state index < -0.39 is 0 Å². The second-order valence-corrected chi connectivity index (χ2v) is 6.56. The minimum absolute atomic E-state index is 0.0593. The number of rotatable bonds is 6. The lowest BCUT2D eigenvalue weighted by atomic mass is 10.1. The van der Waals surface area contributed by atoms with Crippen molar-refractivity contribution in [1.29, 1.82) is 0 Å². The number of hydrogen-bond acceptors (Lipinski definition) is 2. The van der Waals surface area contributed by atoms with Crippen LogP contribution < -0.4 is 10.5 Å². The van der Waals surface area contributed by atoms with Crippen molar-refractivity contribution in [3.05, 3.63) is 81.8 Å². The fraction of sp³-hybridized carbons (Fsp3) is 0.318. The van der Waals surface area contributed by atoms with E-state index in [1.54, 1.807) is 4.68 Å². The largest absolute Gasteiger partial charge is 0.372 e. The van der Waals surface area contributed by atoms with Gasteiger partial charge in [0, 0.05) is 43.5 Å². The molecule has 0 unspecified atom stereocenters. The summed E-state index contributed by atoms with van der Waals surface area (Å²) in [5.74, 6) is 0. The highest BCUT2D eigenvalue weighted by Crippen LogP contribution is 2.18. The fourth-order valence-corrected chi connectivity index (χ4v) is 3.44. The normalized spacial score (nSPS) is 10.9. The average molecular weight is 349 g/mol. The zero-order valence-electron chi connectivity index (χ0n) is 16.1. The summed E-state index contributed by atoms with van der Waals surface area (Å²) < 4.78 is 3.69. The molecule has 1 aromatic heterocycles. The van der Waals surface area contributed by atoms with Crippen LogP contribution in [0, 0.1) is 6.92 Å². The van der Waals surface area contributed by atoms with Gasteiger partial charge in [0.25, 0.3) is 5.56 Å². The Balaban J connectivity index is 1.93. The topological polar surface area (TPSA) is 30.2 Å². The molecular formula is C22H27N3O. The molecule has 0 aliphatic heterocycles. The van der Waals surface area contributed by atoms with Crippen molar-refractivity contribution in [2.75, 3.05) is 18.0 Å². The van der Waals surface area contributed by atoms with E-state index in [2.05, 4.69) is 43.0 Å². The van der Waals surface area contributed by atoms with Crippen LogP contribution in [0.5, 0.6) is 0 Å². The molecule has 0 radical (unpaired) electrons. The number of para-hydroxylation sites is 1. The predicted octanol–water partition coefficient (Wildman–Crippen LogP) is 3.92. The lowest BCUT2D eigenvalue weighted by molar-refractivity contribution is 0.630. The van der Waals surface area contributed by atoms with E-state index in [9.17, 15) is 4.79 Å². The van der Waals surface area contributed by atoms with Gasteiger partial charge in [0.05, 0.1) is 5.69 Å². The second-order valence-electron chi connectivity index (χ2n) is 6.56. The molecule has 0 aliphatic rings. The fourth-order valence-electron chi connectivity index (χ4n) is 3.44. The third-order valence-corrected chi connectivity index (χ3v) is 5.12. The van der Waals surface area contributed by atoms with Crippen LogP contribution in [0.25, 0.3) is 5.69 Å². The number of nitrogens with zero attached hydrogens (tertiary/aromatic N) is 3. The van der Waals surface area contributed by atoms with Crippen LogP contribution in [0.4, 0.5) is 5.69 Å². The van der Waals surface area contributed by atoms with Crippen LogP contribution in [-0.2, 0) is 13.5 Å². The molecule has 0 atom stereocenters. The summed E-state index contributed by atoms with van der Waals surface area (Å²) in [7, 11) is 1.94. The van der Waals surface area contributed by atoms with Crippen LogP contribution in [0.1, 0.15) is 30.7 Å². The molecule has 0 saturated carbocycles. The highest BCUT2D eigenvalue weighted by Gasteiger charge is 2.16. The third kappa shape index (κ3) is 3.32. The minimum atomic E-state index is 0.0593. The minimum Gasteiger partial charge on any atom is -0.372 e. The Hall–Kier alpha value is -2.75. The first kappa shape index (κ1) is 18.1. The predicted molar refractivity (Wildman–Crippen MR) is 109 cm³/mol. The van der Waals surface area contributed by atoms with Gasteiger partial charge >= 0.3 is 0 Å². The lowest BCUT2D eigenvalue weighted by Gasteiger charge is -2.21. The molecule has 0 amide bonds. The van der Waals surface area contributed by atoms with Crippen molar-refractivity contribution in [3.8, 4) is 5.69 Å². The molecule has 136 valence electrons. The van der Waals surface area contributed by atoms with E-state index in [0.717, 1.165) is 35.6 Å². The maximum atomic E-state index is 13.0. The first-order valence-corrected chi connectivity index (χ1v) is 9.23. The summed E-state index contributed by atoms with van der Waals surface area (Å²) in [4.78, 5) is 15.3. The van der Waals surface area contributed by atoms with Crippen molar-refractivity contribution < 1.29 is 0 Å². The smallest absolute Gasteiger partial charge is 0.275 e. The van der Waals surface area contributed by atoms with Crippen molar-refractivity contribution in [1.82, 2.24) is 9.36 Å². The summed E-state index contributed by atoms with van der Waals surface area (Å²) in [6, 6.07) is 18.4. The quantitative estimate of drug-likeness (QED) is 0.675. The van der Waals surface area contributed by atoms with Gasteiger partial charge in [-0.2, -0.15) is 0 Å². The Kier molecular flexibility index (Phi) is 5.31. The van der Waals surface area contributed by atoms with E-state index in [1.807, 2.05) is 49.0 Å². The zero-order valence-corrected chi connectivity index (χ0v) is 16.1. The second kappa shape index (κ2) is 7.65. The standard InChI is InChI=1S/C22H27N3O/c1-5-24(6-2)19-14-12-18(13-15-19)16-21-17(3)23(4)25(22(21)26)20-10-8-7-9-11-20/h7-15H,5-6,16H2,1-4H3. The monoisotopic (exact) mass is 349 g/mol. The van der Waals surface area contributed by atoms with E-state index in [0.29, 0.717) is 6.42 Å². The molecule has 0 saturated heterocycles. The molecule has 0 aliphatic carbocycles. The number of anilines is 1. The maximum absolute atomic E-state index is 13.0. The Bertz CT molecular complexity index is 917. The molecule has 2 aromatic carbocycles. The van der Waals surface area contributed by atoms with Crippen LogP contribution in [0.3, 0.4) is 0 Å². The summed E-state index contributed by atoms with van der Waals surface area (Å²) in [5, 5.41) is 0. The van der Waals surface area contributed by atoms with Gasteiger partial charge in [-0.3, -0.25) is 9.48 Å². The van der Waals surface area contributed by atoms with Crippen LogP contribution in [-0.4, -0.2) is 22.5 Å². The van der Waals surface area contributed by atoms with Gasteiger partial charge in [0.1, 0.15) is 0 Å². The Morgan fingerprint density at radius 3 is 2.12 bits per heavy atom. The van der Waals surface area contributed by atoms with Crippen LogP contribution in [0.2, 0.25) is 0 Å². The van der Waals surface area contributed by atoms with Gasteiger partial charge in [0.15, 0.2) is 0 Å². The van der Waals surface area contributed by atoms with Gasteiger partial charge in [-0.1, -0.05) is 30.3 Å². The van der Waals surface area contributed by atoms with Crippen molar-refractivity contribution >= 4 is 5.69 Å². The van der Waals surface area contributed by atoms with Gasteiger partial charge in [0.2, 0.25) is 0 Å². The Labute approximate surface area is 155 Å². The van der Waals surface area contributed by atoms with Crippen LogP contribution in [0.15, 0.2) is 59.4 Å². The highest BCUT2D eigenvalue weighted by molar-refractivity contribution is 5.48. The molecule has 0 spiro atoms. The summed E-state index contributed by atoms with van der Waals surface area (Å²) in [6.45, 7) is 8.33. The molecule has 0 fully saturated rings. The van der Waals surface area contributed by atoms with Gasteiger partial charge in [-0.25, -0.2) is 4.68 Å². The summed E-state index contributed by atoms with van der Waals surface area (Å²) in [5.41, 5.74) is 5.20. The molecule has 1 heterocycles. The van der Waals surface area contributed by atoms with Crippen LogP contribution >= 0.6 is 0 Å². The van der Waals surface area contributed by atoms with Crippen molar-refractivity contribution in [2.45, 2.75) is 27.2 Å². The lowest BCUT2D eigenvalue weighted by Crippen LogP contribution is -2.21. The van der Waals surface area contributed by atoms with Gasteiger partial charge in [-0.15, -0.1) is 0 Å². The molecule has 4 heteroatoms. The third-order valence-electron chi connectivity index (χ3n) is 5.12. The first-order chi connectivity index (χ1) is 12.6. The molecular weight excluding hydrogens is 322 g/mol. The van der Waals surface area contributed by atoms with E-state index in [-0.39, 0.29) is 5.56 Å². The average Bonchev–Trinajstić information content (AvgIpc) is 2.88. The number of benzene rings is 2. The summed E-state index contributed by atoms with van der Waals surface area (Å²) in [6.07, 6.45) is 0.650. The molecule has 26 heavy (non-hydrogen) atoms. The van der Waals surface area contributed by atoms with Gasteiger partial charge in [-0.05, 0) is 50.6 Å². The molecule has 3 aromatic rings. The molecule has 0 bridgehead atoms. The van der Waals surface area contributed by atoms with E-state index in [1.165, 1.54) is 5.69 Å². The molecule has 0 N–H and O–H groups in total. The maximum Gasteiger partial charge on any atom is 0.275 e. The first-order valence-electron chi connectivity index (χ1n) is 9.23. The number of hydrogen-bond donors (Lipinski definition) is 0. The zero-order chi connectivity index (χ0) is 18.7. The molecule has 4 nitrogen and oxygen atoms in total. The van der Waals surface area contributed by atoms with Gasteiger partial charge < -0.3 is 4.90 Å². The van der Waals surface area contributed by atoms with E-state index >= 15 is 0 Å². The highest BCUT2D eigenvalue weighted by atomic mass is 16.1. The Morgan fingerprint density at radius 2 is 1.54 bits per heavy atom. The van der Waals surface area contributed by atoms with Crippen molar-refractivity contribution in [3.63, 3.8) is 0 Å². The summed E-state index contributed by atoms with van der Waals surface area (Å²) >= 11 is 0. The van der Waals surface area contributed by atoms with Crippen molar-refractivity contribution in [2.24, 2.45) is 7.05 Å². The SMILES string of the molecule is CCN(CC)c1ccc(Cc2c(C)n(C)n(-c3ccccc3)c2=O)cc1. The van der Waals surface area contributed by atoms with E-state index in [4.69, 9.17) is 0 Å². The Morgan fingerprint density at radius 1 is 0.923 bits per heavy atom. The number of aromatic nitrogens is 2.